The van der Waals surface area contributed by atoms with Crippen molar-refractivity contribution in [2.75, 3.05) is 18.3 Å². The first-order valence-corrected chi connectivity index (χ1v) is 16.5. The molecule has 2 aliphatic rings. The Morgan fingerprint density at radius 1 is 0.872 bits per heavy atom. The number of fused-ring (bicyclic) bond motifs is 2. The Hall–Kier alpha value is -2.26. The van der Waals surface area contributed by atoms with Crippen LogP contribution in [-0.2, 0) is 63.8 Å². The van der Waals surface area contributed by atoms with Gasteiger partial charge < -0.3 is 25.1 Å². The lowest BCUT2D eigenvalue weighted by Gasteiger charge is -2.07. The second kappa shape index (κ2) is 14.4. The van der Waals surface area contributed by atoms with Gasteiger partial charge in [0.15, 0.2) is 9.84 Å². The molecule has 2 heterocycles. The summed E-state index contributed by atoms with van der Waals surface area (Å²) in [6, 6.07) is 11.2. The number of Topliss-reactive ketones (excluding diaryl/α,β-unsaturated/α-hetero) is 1. The number of halogens is 1. The molecule has 4 N–H and O–H groups in total. The fraction of sp³-hybridized carbons (Fsp3) is 0.391. The molecule has 0 aliphatic carbocycles. The molecule has 0 unspecified atom stereocenters. The van der Waals surface area contributed by atoms with Crippen molar-refractivity contribution in [3.63, 3.8) is 0 Å². The first kappa shape index (κ1) is 32.9. The minimum atomic E-state index is -3.27. The molecule has 39 heavy (non-hydrogen) atoms. The highest BCUT2D eigenvalue weighted by atomic mass is 35.7. The predicted octanol–water partition coefficient (Wildman–Crippen LogP) is -1.04. The van der Waals surface area contributed by atoms with E-state index in [0.29, 0.717) is 32.5 Å². The lowest BCUT2D eigenvalue weighted by Crippen LogP contribution is -2.31. The van der Waals surface area contributed by atoms with E-state index in [1.807, 2.05) is 36.4 Å². The Bertz CT molecular complexity index is 1400. The highest BCUT2D eigenvalue weighted by Gasteiger charge is 2.30. The summed E-state index contributed by atoms with van der Waals surface area (Å²) in [6.45, 7) is 0.794. The molecule has 2 aromatic rings. The average Bonchev–Trinajstić information content (AvgIpc) is 3.38. The van der Waals surface area contributed by atoms with Crippen molar-refractivity contribution in [2.45, 2.75) is 38.9 Å². The van der Waals surface area contributed by atoms with E-state index < -0.39 is 38.9 Å². The molecular weight excluding hydrogens is 571 g/mol. The molecule has 0 spiro atoms. The third-order valence-electron chi connectivity index (χ3n) is 5.60. The van der Waals surface area contributed by atoms with Crippen molar-refractivity contribution < 1.29 is 45.8 Å². The summed E-state index contributed by atoms with van der Waals surface area (Å²) >= 11 is 0. The number of aryl methyl sites for hydroxylation is 2. The number of sulfone groups is 1. The summed E-state index contributed by atoms with van der Waals surface area (Å²) in [4.78, 5) is 22.2. The second-order valence-electron chi connectivity index (χ2n) is 9.06. The quantitative estimate of drug-likeness (QED) is 0.249. The van der Waals surface area contributed by atoms with E-state index in [0.717, 1.165) is 45.7 Å². The lowest BCUT2D eigenvalue weighted by atomic mass is 9.75. The monoisotopic (exact) mass is 601 g/mol. The van der Waals surface area contributed by atoms with Gasteiger partial charge in [-0.15, -0.1) is 0 Å². The fourth-order valence-electron chi connectivity index (χ4n) is 4.06. The molecule has 1 amide bonds. The van der Waals surface area contributed by atoms with Crippen molar-refractivity contribution in [3.05, 3.63) is 58.7 Å². The predicted molar refractivity (Wildman–Crippen MR) is 149 cm³/mol. The summed E-state index contributed by atoms with van der Waals surface area (Å²) in [5.74, 6) is -1.07. The number of primary amides is 1. The minimum Gasteiger partial charge on any atom is -0.423 e. The molecule has 4 rings (SSSR count). The van der Waals surface area contributed by atoms with Gasteiger partial charge in [0.2, 0.25) is 15.0 Å². The van der Waals surface area contributed by atoms with Crippen LogP contribution in [0.15, 0.2) is 36.4 Å². The van der Waals surface area contributed by atoms with Gasteiger partial charge in [0, 0.05) is 29.8 Å². The van der Waals surface area contributed by atoms with Crippen molar-refractivity contribution in [2.24, 2.45) is 5.73 Å². The van der Waals surface area contributed by atoms with Gasteiger partial charge in [0.1, 0.15) is 11.5 Å². The molecule has 0 saturated heterocycles. The summed E-state index contributed by atoms with van der Waals surface area (Å²) in [5.41, 5.74) is 10.3. The molecule has 2 aromatic carbocycles. The number of hydrogen-bond acceptors (Lipinski definition) is 10. The van der Waals surface area contributed by atoms with Crippen LogP contribution in [0.5, 0.6) is 0 Å². The summed E-state index contributed by atoms with van der Waals surface area (Å²) in [7, 11) is -3.77. The van der Waals surface area contributed by atoms with Crippen LogP contribution in [0.25, 0.3) is 0 Å². The Morgan fingerprint density at radius 2 is 1.28 bits per heavy atom. The van der Waals surface area contributed by atoms with E-state index in [2.05, 4.69) is 10.7 Å². The third kappa shape index (κ3) is 11.8. The number of rotatable bonds is 8. The van der Waals surface area contributed by atoms with Crippen LogP contribution in [0.1, 0.15) is 35.1 Å². The fourth-order valence-corrected chi connectivity index (χ4v) is 4.78. The number of nitrogens with two attached hydrogens (primary N) is 1. The molecule has 0 atom stereocenters. The molecule has 2 aliphatic heterocycles. The highest BCUT2D eigenvalue weighted by molar-refractivity contribution is 8.13. The van der Waals surface area contributed by atoms with E-state index in [1.165, 1.54) is 0 Å². The van der Waals surface area contributed by atoms with Crippen LogP contribution in [0, 0.1) is 0 Å². The first-order valence-electron chi connectivity index (χ1n) is 11.7. The number of carbonyl (C=O) groups is 2. The van der Waals surface area contributed by atoms with Crippen LogP contribution >= 0.6 is 10.7 Å². The maximum Gasteiger partial charge on any atom is 0.492 e. The van der Waals surface area contributed by atoms with Gasteiger partial charge in [-0.2, -0.15) is 0 Å². The third-order valence-corrected chi connectivity index (χ3v) is 6.44. The minimum absolute atomic E-state index is 0.149. The Kier molecular flexibility index (Phi) is 12.2. The van der Waals surface area contributed by atoms with Gasteiger partial charge >= 0.3 is 14.2 Å². The van der Waals surface area contributed by atoms with Gasteiger partial charge in [-0.1, -0.05) is 36.4 Å². The van der Waals surface area contributed by atoms with Crippen molar-refractivity contribution in [1.82, 2.24) is 0 Å². The standard InChI is InChI=1S/C12H15BO5S.C10H12BNO3.CH3ClO2S/c1-19(16,17)8-11(14)6-5-9-3-2-4-10-7-18-13(15)12(9)10;12-9(13)5-4-7-2-1-3-8-6-15-11(14)10(7)8;1-5(2,3)4/h2-4,15H,5-8H2,1H3;1-3,14H,4-6H2,(H2,12,13);1H3. The van der Waals surface area contributed by atoms with Gasteiger partial charge in [-0.3, -0.25) is 9.59 Å². The molecule has 0 aromatic heterocycles. The SMILES string of the molecule is CS(=O)(=O)CC(=O)CCc1cccc2c1B(O)OC2.CS(=O)(=O)Cl.NC(=O)CCc1cccc2c1B(O)OC2. The topological polar surface area (TPSA) is 187 Å². The van der Waals surface area contributed by atoms with Crippen molar-refractivity contribution in [1.29, 1.82) is 0 Å². The maximum absolute atomic E-state index is 11.5. The summed E-state index contributed by atoms with van der Waals surface area (Å²) < 4.78 is 51.1. The van der Waals surface area contributed by atoms with Crippen LogP contribution < -0.4 is 16.7 Å². The number of hydrogen-bond donors (Lipinski definition) is 3. The number of ketones is 1. The van der Waals surface area contributed by atoms with Crippen molar-refractivity contribution >= 4 is 66.4 Å². The highest BCUT2D eigenvalue weighted by Crippen LogP contribution is 2.15. The number of carbonyl (C=O) groups excluding carboxylic acids is 2. The normalized spacial score (nSPS) is 14.0. The molecule has 11 nitrogen and oxygen atoms in total. The number of benzene rings is 2. The van der Waals surface area contributed by atoms with Crippen LogP contribution in [0.2, 0.25) is 0 Å². The molecule has 16 heteroatoms. The molecule has 0 bridgehead atoms. The van der Waals surface area contributed by atoms with Gasteiger partial charge in [0.25, 0.3) is 0 Å². The largest absolute Gasteiger partial charge is 0.492 e. The lowest BCUT2D eigenvalue weighted by molar-refractivity contribution is -0.118. The van der Waals surface area contributed by atoms with E-state index >= 15 is 0 Å². The molecule has 0 radical (unpaired) electrons. The zero-order chi connectivity index (χ0) is 29.4. The zero-order valence-electron chi connectivity index (χ0n) is 21.5. The van der Waals surface area contributed by atoms with E-state index in [4.69, 9.17) is 15.0 Å². The second-order valence-corrected chi connectivity index (χ2v) is 14.2. The maximum atomic E-state index is 11.5. The van der Waals surface area contributed by atoms with E-state index in [9.17, 15) is 36.5 Å². The summed E-state index contributed by atoms with van der Waals surface area (Å²) in [6.07, 6.45) is 3.38. The smallest absolute Gasteiger partial charge is 0.423 e. The molecule has 212 valence electrons. The van der Waals surface area contributed by atoms with Crippen LogP contribution in [0.3, 0.4) is 0 Å². The molecule has 0 saturated carbocycles. The average molecular weight is 602 g/mol. The molecule has 0 fully saturated rings. The number of amides is 1. The van der Waals surface area contributed by atoms with Crippen LogP contribution in [-0.4, -0.2) is 71.1 Å². The van der Waals surface area contributed by atoms with E-state index in [-0.39, 0.29) is 18.1 Å². The Balaban J connectivity index is 0.000000238. The summed E-state index contributed by atoms with van der Waals surface area (Å²) in [5, 5.41) is 19.3. The Labute approximate surface area is 233 Å². The van der Waals surface area contributed by atoms with Crippen molar-refractivity contribution in [3.8, 4) is 0 Å². The molecular formula is C23H30B2ClNO10S2. The van der Waals surface area contributed by atoms with Gasteiger partial charge in [-0.05, 0) is 46.0 Å². The van der Waals surface area contributed by atoms with Gasteiger partial charge in [-0.25, -0.2) is 16.8 Å². The zero-order valence-corrected chi connectivity index (χ0v) is 23.9. The first-order chi connectivity index (χ1) is 18.0. The van der Waals surface area contributed by atoms with E-state index in [1.54, 1.807) is 0 Å². The Morgan fingerprint density at radius 3 is 1.67 bits per heavy atom. The van der Waals surface area contributed by atoms with Gasteiger partial charge in [0.05, 0.1) is 19.5 Å². The van der Waals surface area contributed by atoms with Crippen LogP contribution in [0.4, 0.5) is 0 Å².